The molecule has 0 fully saturated rings. The summed E-state index contributed by atoms with van der Waals surface area (Å²) >= 11 is 0. The van der Waals surface area contributed by atoms with Crippen molar-refractivity contribution in [1.29, 1.82) is 0 Å². The van der Waals surface area contributed by atoms with E-state index in [9.17, 15) is 0 Å². The van der Waals surface area contributed by atoms with E-state index in [4.69, 9.17) is 5.73 Å². The van der Waals surface area contributed by atoms with Gasteiger partial charge in [-0.05, 0) is 31.0 Å². The molecule has 0 aliphatic heterocycles. The molecule has 0 saturated carbocycles. The lowest BCUT2D eigenvalue weighted by Gasteiger charge is -2.08. The highest BCUT2D eigenvalue weighted by Gasteiger charge is 2.05. The summed E-state index contributed by atoms with van der Waals surface area (Å²) in [6.45, 7) is 4.18. The summed E-state index contributed by atoms with van der Waals surface area (Å²) in [7, 11) is 0. The zero-order valence-corrected chi connectivity index (χ0v) is 8.99. The van der Waals surface area contributed by atoms with Crippen LogP contribution < -0.4 is 5.73 Å². The molecule has 1 heterocycles. The van der Waals surface area contributed by atoms with Crippen LogP contribution in [0.5, 0.6) is 0 Å². The molecule has 1 aromatic carbocycles. The Kier molecular flexibility index (Phi) is 2.42. The molecule has 76 valence electrons. The number of anilines is 1. The molecule has 2 aromatic rings. The summed E-state index contributed by atoms with van der Waals surface area (Å²) in [6, 6.07) is 8.17. The quantitative estimate of drug-likeness (QED) is 0.765. The van der Waals surface area contributed by atoms with Gasteiger partial charge in [0.15, 0.2) is 0 Å². The first-order valence-corrected chi connectivity index (χ1v) is 4.95. The minimum Gasteiger partial charge on any atom is -0.398 e. The number of aromatic nitrogens is 1. The van der Waals surface area contributed by atoms with Gasteiger partial charge in [0.25, 0.3) is 0 Å². The van der Waals surface area contributed by atoms with Crippen molar-refractivity contribution in [2.75, 3.05) is 5.73 Å². The molecule has 0 atom stereocenters. The first kappa shape index (κ1) is 9.71. The van der Waals surface area contributed by atoms with Crippen LogP contribution in [0.4, 0.5) is 5.69 Å². The monoisotopic (exact) mass is 198 g/mol. The molecular weight excluding hydrogens is 184 g/mol. The molecule has 2 nitrogen and oxygen atoms in total. The second-order valence-corrected chi connectivity index (χ2v) is 3.78. The van der Waals surface area contributed by atoms with Crippen molar-refractivity contribution in [3.63, 3.8) is 0 Å². The lowest BCUT2D eigenvalue weighted by atomic mass is 9.99. The van der Waals surface area contributed by atoms with Crippen LogP contribution in [0.2, 0.25) is 0 Å². The molecule has 15 heavy (non-hydrogen) atoms. The highest BCUT2D eigenvalue weighted by Crippen LogP contribution is 2.27. The van der Waals surface area contributed by atoms with E-state index in [1.54, 1.807) is 6.20 Å². The van der Waals surface area contributed by atoms with Crippen LogP contribution in [0.25, 0.3) is 11.1 Å². The van der Waals surface area contributed by atoms with Gasteiger partial charge in [-0.25, -0.2) is 0 Å². The molecule has 0 aliphatic rings. The number of rotatable bonds is 1. The van der Waals surface area contributed by atoms with Crippen molar-refractivity contribution < 1.29 is 0 Å². The van der Waals surface area contributed by atoms with Crippen LogP contribution in [-0.4, -0.2) is 4.98 Å². The van der Waals surface area contributed by atoms with Gasteiger partial charge in [0.05, 0.1) is 0 Å². The van der Waals surface area contributed by atoms with Crippen molar-refractivity contribution >= 4 is 5.69 Å². The fourth-order valence-electron chi connectivity index (χ4n) is 1.75. The molecule has 0 amide bonds. The standard InChI is InChI=1S/C13H14N2/c1-9-3-4-11(10(2)7-9)12-8-15-6-5-13(12)14/h3-8H,1-2H3,(H2,14,15). The van der Waals surface area contributed by atoms with Crippen molar-refractivity contribution in [2.24, 2.45) is 0 Å². The molecule has 2 heteroatoms. The second kappa shape index (κ2) is 3.73. The summed E-state index contributed by atoms with van der Waals surface area (Å²) in [6.07, 6.45) is 3.52. The molecular formula is C13H14N2. The van der Waals surface area contributed by atoms with Gasteiger partial charge in [-0.3, -0.25) is 4.98 Å². The van der Waals surface area contributed by atoms with Crippen molar-refractivity contribution in [3.05, 3.63) is 47.8 Å². The van der Waals surface area contributed by atoms with Gasteiger partial charge in [0.2, 0.25) is 0 Å². The van der Waals surface area contributed by atoms with Gasteiger partial charge in [-0.2, -0.15) is 0 Å². The SMILES string of the molecule is Cc1ccc(-c2cnccc2N)c(C)c1. The topological polar surface area (TPSA) is 38.9 Å². The van der Waals surface area contributed by atoms with E-state index in [1.165, 1.54) is 11.1 Å². The van der Waals surface area contributed by atoms with Gasteiger partial charge in [-0.1, -0.05) is 23.8 Å². The maximum atomic E-state index is 5.92. The molecule has 0 saturated heterocycles. The van der Waals surface area contributed by atoms with Crippen LogP contribution in [-0.2, 0) is 0 Å². The first-order valence-electron chi connectivity index (χ1n) is 4.95. The molecule has 0 unspecified atom stereocenters. The predicted molar refractivity (Wildman–Crippen MR) is 63.6 cm³/mol. The number of hydrogen-bond acceptors (Lipinski definition) is 2. The van der Waals surface area contributed by atoms with Crippen molar-refractivity contribution in [2.45, 2.75) is 13.8 Å². The molecule has 0 radical (unpaired) electrons. The molecule has 1 aromatic heterocycles. The Morgan fingerprint density at radius 2 is 1.87 bits per heavy atom. The predicted octanol–water partition coefficient (Wildman–Crippen LogP) is 2.95. The summed E-state index contributed by atoms with van der Waals surface area (Å²) < 4.78 is 0. The smallest absolute Gasteiger partial charge is 0.0424 e. The summed E-state index contributed by atoms with van der Waals surface area (Å²) in [5.74, 6) is 0. The number of nitrogens with two attached hydrogens (primary N) is 1. The zero-order valence-electron chi connectivity index (χ0n) is 8.99. The van der Waals surface area contributed by atoms with E-state index >= 15 is 0 Å². The van der Waals surface area contributed by atoms with Crippen LogP contribution in [0.15, 0.2) is 36.7 Å². The average Bonchev–Trinajstić information content (AvgIpc) is 2.20. The Morgan fingerprint density at radius 3 is 2.53 bits per heavy atom. The van der Waals surface area contributed by atoms with Crippen LogP contribution in [0, 0.1) is 13.8 Å². The lowest BCUT2D eigenvalue weighted by molar-refractivity contribution is 1.31. The number of nitrogens with zero attached hydrogens (tertiary/aromatic N) is 1. The number of pyridine rings is 1. The summed E-state index contributed by atoms with van der Waals surface area (Å²) in [5, 5.41) is 0. The number of nitrogen functional groups attached to an aromatic ring is 1. The fourth-order valence-corrected chi connectivity index (χ4v) is 1.75. The van der Waals surface area contributed by atoms with E-state index in [0.717, 1.165) is 16.8 Å². The minimum atomic E-state index is 0.775. The van der Waals surface area contributed by atoms with E-state index < -0.39 is 0 Å². The number of benzene rings is 1. The van der Waals surface area contributed by atoms with Crippen LogP contribution >= 0.6 is 0 Å². The third-order valence-electron chi connectivity index (χ3n) is 2.53. The van der Waals surface area contributed by atoms with Gasteiger partial charge in [0, 0.05) is 23.6 Å². The van der Waals surface area contributed by atoms with E-state index in [1.807, 2.05) is 12.3 Å². The van der Waals surface area contributed by atoms with Gasteiger partial charge >= 0.3 is 0 Å². The second-order valence-electron chi connectivity index (χ2n) is 3.78. The van der Waals surface area contributed by atoms with Gasteiger partial charge < -0.3 is 5.73 Å². The molecule has 2 rings (SSSR count). The maximum Gasteiger partial charge on any atom is 0.0424 e. The van der Waals surface area contributed by atoms with Gasteiger partial charge in [0.1, 0.15) is 0 Å². The molecule has 0 spiro atoms. The van der Waals surface area contributed by atoms with Crippen molar-refractivity contribution in [1.82, 2.24) is 4.98 Å². The third kappa shape index (κ3) is 1.84. The summed E-state index contributed by atoms with van der Waals surface area (Å²) in [5.41, 5.74) is 11.4. The third-order valence-corrected chi connectivity index (χ3v) is 2.53. The lowest BCUT2D eigenvalue weighted by Crippen LogP contribution is -1.92. The Hall–Kier alpha value is -1.83. The zero-order chi connectivity index (χ0) is 10.8. The molecule has 2 N–H and O–H groups in total. The highest BCUT2D eigenvalue weighted by molar-refractivity contribution is 5.77. The number of hydrogen-bond donors (Lipinski definition) is 1. The number of aryl methyl sites for hydroxylation is 2. The molecule has 0 bridgehead atoms. The van der Waals surface area contributed by atoms with Crippen LogP contribution in [0.3, 0.4) is 0 Å². The Balaban J connectivity index is 2.60. The Bertz CT molecular complexity index is 490. The maximum absolute atomic E-state index is 5.92. The fraction of sp³-hybridized carbons (Fsp3) is 0.154. The Labute approximate surface area is 89.8 Å². The van der Waals surface area contributed by atoms with E-state index in [2.05, 4.69) is 37.0 Å². The largest absolute Gasteiger partial charge is 0.398 e. The minimum absolute atomic E-state index is 0.775. The molecule has 0 aliphatic carbocycles. The van der Waals surface area contributed by atoms with E-state index in [0.29, 0.717) is 0 Å². The average molecular weight is 198 g/mol. The van der Waals surface area contributed by atoms with E-state index in [-0.39, 0.29) is 0 Å². The Morgan fingerprint density at radius 1 is 1.07 bits per heavy atom. The first-order chi connectivity index (χ1) is 7.18. The van der Waals surface area contributed by atoms with Crippen LogP contribution in [0.1, 0.15) is 11.1 Å². The normalized spacial score (nSPS) is 10.3. The van der Waals surface area contributed by atoms with Gasteiger partial charge in [-0.15, -0.1) is 0 Å². The highest BCUT2D eigenvalue weighted by atomic mass is 14.7. The summed E-state index contributed by atoms with van der Waals surface area (Å²) in [4.78, 5) is 4.11. The van der Waals surface area contributed by atoms with Crippen molar-refractivity contribution in [3.8, 4) is 11.1 Å².